The second kappa shape index (κ2) is 6.75. The quantitative estimate of drug-likeness (QED) is 0.875. The van der Waals surface area contributed by atoms with E-state index in [9.17, 15) is 8.42 Å². The second-order valence-electron chi connectivity index (χ2n) is 7.66. The summed E-state index contributed by atoms with van der Waals surface area (Å²) in [5, 5.41) is 0. The molecule has 2 aliphatic rings. The van der Waals surface area contributed by atoms with E-state index in [4.69, 9.17) is 0 Å². The molecule has 0 amide bonds. The monoisotopic (exact) mass is 351 g/mol. The van der Waals surface area contributed by atoms with E-state index in [-0.39, 0.29) is 11.5 Å². The van der Waals surface area contributed by atoms with Gasteiger partial charge in [0.2, 0.25) is 10.0 Å². The summed E-state index contributed by atoms with van der Waals surface area (Å²) in [6, 6.07) is 8.31. The van der Waals surface area contributed by atoms with Crippen molar-refractivity contribution >= 4 is 10.0 Å². The molecule has 1 aromatic rings. The number of likely N-dealkylation sites (N-methyl/N-ethyl adjacent to an activating group) is 1. The maximum Gasteiger partial charge on any atom is 0.209 e. The van der Waals surface area contributed by atoms with E-state index in [1.54, 1.807) is 0 Å². The average Bonchev–Trinajstić information content (AvgIpc) is 2.79. The van der Waals surface area contributed by atoms with Crippen LogP contribution in [-0.2, 0) is 15.4 Å². The number of sulfonamides is 1. The van der Waals surface area contributed by atoms with E-state index in [1.807, 2.05) is 6.07 Å². The molecule has 0 aromatic heterocycles. The van der Waals surface area contributed by atoms with Crippen molar-refractivity contribution in [1.29, 1.82) is 0 Å². The number of piperidine rings is 1. The molecule has 1 spiro atoms. The first-order valence-electron chi connectivity index (χ1n) is 8.73. The van der Waals surface area contributed by atoms with Crippen LogP contribution in [0.25, 0.3) is 0 Å². The van der Waals surface area contributed by atoms with Crippen molar-refractivity contribution in [2.24, 2.45) is 0 Å². The topological polar surface area (TPSA) is 52.6 Å². The van der Waals surface area contributed by atoms with Gasteiger partial charge in [-0.15, -0.1) is 0 Å². The zero-order chi connectivity index (χ0) is 17.4. The first-order valence-corrected chi connectivity index (χ1v) is 10.6. The minimum absolute atomic E-state index is 0.0791. The Morgan fingerprint density at radius 1 is 1.25 bits per heavy atom. The normalized spacial score (nSPS) is 23.8. The predicted molar refractivity (Wildman–Crippen MR) is 97.7 cm³/mol. The summed E-state index contributed by atoms with van der Waals surface area (Å²) in [6.45, 7) is 4.37. The van der Waals surface area contributed by atoms with E-state index < -0.39 is 10.0 Å². The summed E-state index contributed by atoms with van der Waals surface area (Å²) in [5.41, 5.74) is 2.66. The standard InChI is InChI=1S/C18H29N3O2S/c1-20(2)12-13-21-10-8-18(9-11-21)14-17(19-24(3,22)23)15-6-4-5-7-16(15)18/h4-7,17,19H,8-14H2,1-3H3. The molecule has 1 N–H and O–H groups in total. The van der Waals surface area contributed by atoms with Crippen molar-refractivity contribution in [2.75, 3.05) is 46.5 Å². The van der Waals surface area contributed by atoms with Gasteiger partial charge in [0.1, 0.15) is 0 Å². The zero-order valence-electron chi connectivity index (χ0n) is 15.0. The Bertz CT molecular complexity index is 679. The van der Waals surface area contributed by atoms with E-state index >= 15 is 0 Å². The molecule has 1 aromatic carbocycles. The largest absolute Gasteiger partial charge is 0.308 e. The summed E-state index contributed by atoms with van der Waals surface area (Å²) in [4.78, 5) is 4.76. The summed E-state index contributed by atoms with van der Waals surface area (Å²) in [6.07, 6.45) is 4.37. The molecule has 24 heavy (non-hydrogen) atoms. The van der Waals surface area contributed by atoms with Gasteiger partial charge in [0.15, 0.2) is 0 Å². The van der Waals surface area contributed by atoms with Gasteiger partial charge in [-0.05, 0) is 63.0 Å². The van der Waals surface area contributed by atoms with Crippen LogP contribution in [0, 0.1) is 0 Å². The van der Waals surface area contributed by atoms with E-state index in [1.165, 1.54) is 17.4 Å². The maximum atomic E-state index is 11.7. The molecular weight excluding hydrogens is 322 g/mol. The Hall–Kier alpha value is -0.950. The molecule has 1 fully saturated rings. The Morgan fingerprint density at radius 3 is 2.54 bits per heavy atom. The highest BCUT2D eigenvalue weighted by molar-refractivity contribution is 7.88. The van der Waals surface area contributed by atoms with Crippen LogP contribution in [0.1, 0.15) is 36.4 Å². The lowest BCUT2D eigenvalue weighted by Crippen LogP contribution is -2.44. The molecular formula is C18H29N3O2S. The molecule has 1 atom stereocenters. The third kappa shape index (κ3) is 3.82. The van der Waals surface area contributed by atoms with Crippen LogP contribution in [0.15, 0.2) is 24.3 Å². The molecule has 1 aliphatic heterocycles. The fourth-order valence-corrected chi connectivity index (χ4v) is 5.00. The van der Waals surface area contributed by atoms with Crippen LogP contribution in [0.3, 0.4) is 0 Å². The van der Waals surface area contributed by atoms with Gasteiger partial charge in [0.05, 0.1) is 6.26 Å². The number of hydrogen-bond acceptors (Lipinski definition) is 4. The molecule has 3 rings (SSSR count). The summed E-state index contributed by atoms with van der Waals surface area (Å²) in [7, 11) is 1.02. The highest BCUT2D eigenvalue weighted by Gasteiger charge is 2.45. The number of nitrogens with zero attached hydrogens (tertiary/aromatic N) is 2. The molecule has 0 radical (unpaired) electrons. The lowest BCUT2D eigenvalue weighted by Gasteiger charge is -2.40. The lowest BCUT2D eigenvalue weighted by molar-refractivity contribution is 0.145. The highest BCUT2D eigenvalue weighted by atomic mass is 32.2. The van der Waals surface area contributed by atoms with Gasteiger partial charge in [-0.3, -0.25) is 0 Å². The molecule has 5 nitrogen and oxygen atoms in total. The lowest BCUT2D eigenvalue weighted by atomic mass is 9.73. The van der Waals surface area contributed by atoms with Gasteiger partial charge in [0.25, 0.3) is 0 Å². The fourth-order valence-electron chi connectivity index (χ4n) is 4.28. The fraction of sp³-hybridized carbons (Fsp3) is 0.667. The van der Waals surface area contributed by atoms with E-state index in [0.29, 0.717) is 0 Å². The Kier molecular flexibility index (Phi) is 5.02. The van der Waals surface area contributed by atoms with Crippen LogP contribution < -0.4 is 4.72 Å². The number of fused-ring (bicyclic) bond motifs is 2. The molecule has 6 heteroatoms. The molecule has 0 saturated carbocycles. The SMILES string of the molecule is CN(C)CCN1CCC2(CC1)CC(NS(C)(=O)=O)c1ccccc12. The van der Waals surface area contributed by atoms with Gasteiger partial charge in [-0.1, -0.05) is 24.3 Å². The average molecular weight is 352 g/mol. The molecule has 1 unspecified atom stereocenters. The number of rotatable bonds is 5. The van der Waals surface area contributed by atoms with Crippen molar-refractivity contribution in [3.8, 4) is 0 Å². The number of likely N-dealkylation sites (tertiary alicyclic amines) is 1. The van der Waals surface area contributed by atoms with Crippen LogP contribution in [0.2, 0.25) is 0 Å². The minimum atomic E-state index is -3.20. The van der Waals surface area contributed by atoms with E-state index in [2.05, 4.69) is 46.8 Å². The van der Waals surface area contributed by atoms with Gasteiger partial charge in [-0.2, -0.15) is 0 Å². The van der Waals surface area contributed by atoms with Gasteiger partial charge >= 0.3 is 0 Å². The molecule has 1 heterocycles. The molecule has 1 aliphatic carbocycles. The van der Waals surface area contributed by atoms with Crippen LogP contribution >= 0.6 is 0 Å². The Labute approximate surface area is 146 Å². The minimum Gasteiger partial charge on any atom is -0.308 e. The Morgan fingerprint density at radius 2 is 1.92 bits per heavy atom. The van der Waals surface area contributed by atoms with Crippen molar-refractivity contribution < 1.29 is 8.42 Å². The second-order valence-corrected chi connectivity index (χ2v) is 9.44. The molecule has 134 valence electrons. The van der Waals surface area contributed by atoms with Crippen LogP contribution in [0.4, 0.5) is 0 Å². The first kappa shape index (κ1) is 17.9. The van der Waals surface area contributed by atoms with Gasteiger partial charge in [0, 0.05) is 19.1 Å². The van der Waals surface area contributed by atoms with Gasteiger partial charge in [-0.25, -0.2) is 13.1 Å². The van der Waals surface area contributed by atoms with Crippen LogP contribution in [0.5, 0.6) is 0 Å². The van der Waals surface area contributed by atoms with Crippen molar-refractivity contribution in [3.63, 3.8) is 0 Å². The van der Waals surface area contributed by atoms with Crippen molar-refractivity contribution in [1.82, 2.24) is 14.5 Å². The van der Waals surface area contributed by atoms with E-state index in [0.717, 1.165) is 45.4 Å². The summed E-state index contributed by atoms with van der Waals surface area (Å²) in [5.74, 6) is 0. The number of benzene rings is 1. The zero-order valence-corrected chi connectivity index (χ0v) is 15.8. The number of nitrogens with one attached hydrogen (secondary N) is 1. The third-order valence-corrected chi connectivity index (χ3v) is 6.25. The molecule has 0 bridgehead atoms. The maximum absolute atomic E-state index is 11.7. The Balaban J connectivity index is 1.75. The smallest absolute Gasteiger partial charge is 0.209 e. The summed E-state index contributed by atoms with van der Waals surface area (Å²) >= 11 is 0. The van der Waals surface area contributed by atoms with Crippen molar-refractivity contribution in [3.05, 3.63) is 35.4 Å². The number of hydrogen-bond donors (Lipinski definition) is 1. The van der Waals surface area contributed by atoms with Gasteiger partial charge < -0.3 is 9.80 Å². The van der Waals surface area contributed by atoms with Crippen molar-refractivity contribution in [2.45, 2.75) is 30.7 Å². The third-order valence-electron chi connectivity index (χ3n) is 5.54. The van der Waals surface area contributed by atoms with Crippen LogP contribution in [-0.4, -0.2) is 64.7 Å². The predicted octanol–water partition coefficient (Wildman–Crippen LogP) is 1.58. The highest BCUT2D eigenvalue weighted by Crippen LogP contribution is 2.50. The first-order chi connectivity index (χ1) is 11.3. The summed E-state index contributed by atoms with van der Waals surface area (Å²) < 4.78 is 26.3. The molecule has 1 saturated heterocycles.